The van der Waals surface area contributed by atoms with Crippen molar-refractivity contribution in [1.82, 2.24) is 9.36 Å². The number of nitriles is 1. The second-order valence-corrected chi connectivity index (χ2v) is 8.12. The third-order valence-electron chi connectivity index (χ3n) is 6.28. The van der Waals surface area contributed by atoms with Crippen LogP contribution < -0.4 is 5.56 Å². The molecule has 1 aromatic heterocycles. The zero-order chi connectivity index (χ0) is 25.0. The van der Waals surface area contributed by atoms with Gasteiger partial charge < -0.3 is 4.74 Å². The minimum atomic E-state index is -1.27. The maximum absolute atomic E-state index is 14.3. The minimum absolute atomic E-state index is 0.175. The summed E-state index contributed by atoms with van der Waals surface area (Å²) >= 11 is 0. The lowest BCUT2D eigenvalue weighted by molar-refractivity contribution is -0.141. The van der Waals surface area contributed by atoms with E-state index in [2.05, 4.69) is 12.6 Å². The molecule has 174 valence electrons. The SMILES string of the molecule is C=C(C#N)C(c1ccccc1)(c1ccccc1)c1c(C)n(CC(=O)OC)n(-c2ccccc2)c1=O. The number of carbonyl (C=O) groups is 1. The number of esters is 1. The normalized spacial score (nSPS) is 11.0. The van der Waals surface area contributed by atoms with Crippen molar-refractivity contribution < 1.29 is 9.53 Å². The van der Waals surface area contributed by atoms with Crippen molar-refractivity contribution in [2.75, 3.05) is 7.11 Å². The van der Waals surface area contributed by atoms with E-state index in [0.717, 1.165) is 11.1 Å². The first-order valence-corrected chi connectivity index (χ1v) is 11.1. The number of ether oxygens (including phenoxy) is 1. The number of hydrogen-bond donors (Lipinski definition) is 0. The number of allylic oxidation sites excluding steroid dienone is 1. The summed E-state index contributed by atoms with van der Waals surface area (Å²) in [5.74, 6) is -0.497. The van der Waals surface area contributed by atoms with Gasteiger partial charge in [-0.1, -0.05) is 85.4 Å². The van der Waals surface area contributed by atoms with E-state index in [9.17, 15) is 14.9 Å². The largest absolute Gasteiger partial charge is 0.468 e. The number of methoxy groups -OCH3 is 1. The van der Waals surface area contributed by atoms with Gasteiger partial charge in [0.2, 0.25) is 0 Å². The van der Waals surface area contributed by atoms with Gasteiger partial charge in [-0.2, -0.15) is 5.26 Å². The van der Waals surface area contributed by atoms with Crippen LogP contribution >= 0.6 is 0 Å². The molecule has 0 fully saturated rings. The van der Waals surface area contributed by atoms with E-state index in [-0.39, 0.29) is 17.7 Å². The summed E-state index contributed by atoms with van der Waals surface area (Å²) in [7, 11) is 1.31. The summed E-state index contributed by atoms with van der Waals surface area (Å²) in [6.45, 7) is 5.74. The van der Waals surface area contributed by atoms with Crippen molar-refractivity contribution in [3.8, 4) is 11.8 Å². The number of nitrogens with zero attached hydrogens (tertiary/aromatic N) is 3. The van der Waals surface area contributed by atoms with E-state index in [0.29, 0.717) is 16.9 Å². The predicted octanol–water partition coefficient (Wildman–Crippen LogP) is 4.53. The molecule has 0 bridgehead atoms. The highest BCUT2D eigenvalue weighted by molar-refractivity contribution is 5.69. The zero-order valence-electron chi connectivity index (χ0n) is 19.6. The lowest BCUT2D eigenvalue weighted by Gasteiger charge is -2.34. The molecule has 0 amide bonds. The van der Waals surface area contributed by atoms with E-state index in [1.165, 1.54) is 11.8 Å². The minimum Gasteiger partial charge on any atom is -0.468 e. The molecule has 0 atom stereocenters. The first-order chi connectivity index (χ1) is 17.0. The molecular weight excluding hydrogens is 438 g/mol. The molecular formula is C29H25N3O3. The molecule has 0 saturated heterocycles. The summed E-state index contributed by atoms with van der Waals surface area (Å²) in [6, 6.07) is 30.1. The van der Waals surface area contributed by atoms with Crippen molar-refractivity contribution in [3.63, 3.8) is 0 Å². The van der Waals surface area contributed by atoms with Gasteiger partial charge in [-0.3, -0.25) is 14.3 Å². The summed E-state index contributed by atoms with van der Waals surface area (Å²) in [5, 5.41) is 10.2. The Labute approximate surface area is 203 Å². The first kappa shape index (κ1) is 23.5. The fraction of sp³-hybridized carbons (Fsp3) is 0.138. The molecule has 4 rings (SSSR count). The van der Waals surface area contributed by atoms with Crippen molar-refractivity contribution >= 4 is 5.97 Å². The molecule has 0 saturated carbocycles. The van der Waals surface area contributed by atoms with Crippen LogP contribution in [0.5, 0.6) is 0 Å². The number of hydrogen-bond acceptors (Lipinski definition) is 4. The molecule has 0 spiro atoms. The lowest BCUT2D eigenvalue weighted by atomic mass is 9.65. The Morgan fingerprint density at radius 1 is 0.943 bits per heavy atom. The standard InChI is InChI=1S/C29H25N3O3/c1-21(19-30)29(23-13-7-4-8-14-23,24-15-9-5-10-16-24)27-22(2)31(20-26(33)35-3)32(28(27)34)25-17-11-6-12-18-25/h4-18H,1,20H2,2-3H3. The van der Waals surface area contributed by atoms with Crippen LogP contribution in [0.3, 0.4) is 0 Å². The van der Waals surface area contributed by atoms with E-state index in [4.69, 9.17) is 4.74 Å². The van der Waals surface area contributed by atoms with Crippen LogP contribution in [0.1, 0.15) is 22.4 Å². The van der Waals surface area contributed by atoms with E-state index in [1.807, 2.05) is 78.9 Å². The molecule has 6 nitrogen and oxygen atoms in total. The second kappa shape index (κ2) is 9.70. The average Bonchev–Trinajstić information content (AvgIpc) is 3.15. The molecule has 0 aliphatic heterocycles. The highest BCUT2D eigenvalue weighted by atomic mass is 16.5. The van der Waals surface area contributed by atoms with Gasteiger partial charge in [0, 0.05) is 11.3 Å². The Balaban J connectivity index is 2.20. The molecule has 3 aromatic carbocycles. The van der Waals surface area contributed by atoms with Gasteiger partial charge in [-0.25, -0.2) is 4.68 Å². The van der Waals surface area contributed by atoms with Crippen molar-refractivity contribution in [2.45, 2.75) is 18.9 Å². The van der Waals surface area contributed by atoms with Crippen LogP contribution in [0, 0.1) is 18.3 Å². The monoisotopic (exact) mass is 463 g/mol. The Bertz CT molecular complexity index is 1420. The van der Waals surface area contributed by atoms with Gasteiger partial charge in [-0.05, 0) is 30.2 Å². The molecule has 0 N–H and O–H groups in total. The van der Waals surface area contributed by atoms with Crippen LogP contribution in [0.4, 0.5) is 0 Å². The Morgan fingerprint density at radius 2 is 1.43 bits per heavy atom. The zero-order valence-corrected chi connectivity index (χ0v) is 19.6. The lowest BCUT2D eigenvalue weighted by Crippen LogP contribution is -2.37. The van der Waals surface area contributed by atoms with Crippen molar-refractivity contribution in [3.05, 3.63) is 136 Å². The maximum atomic E-state index is 14.3. The summed E-state index contributed by atoms with van der Waals surface area (Å²) in [4.78, 5) is 26.7. The van der Waals surface area contributed by atoms with E-state index in [1.54, 1.807) is 23.7 Å². The number of para-hydroxylation sites is 1. The number of rotatable bonds is 7. The fourth-order valence-electron chi connectivity index (χ4n) is 4.70. The molecule has 6 heteroatoms. The van der Waals surface area contributed by atoms with Gasteiger partial charge in [0.05, 0.1) is 29.8 Å². The maximum Gasteiger partial charge on any atom is 0.327 e. The smallest absolute Gasteiger partial charge is 0.327 e. The summed E-state index contributed by atoms with van der Waals surface area (Å²) in [5.41, 5.74) is 1.53. The topological polar surface area (TPSA) is 77.0 Å². The van der Waals surface area contributed by atoms with Crippen LogP contribution in [0.25, 0.3) is 5.69 Å². The average molecular weight is 464 g/mol. The van der Waals surface area contributed by atoms with Crippen LogP contribution in [-0.4, -0.2) is 22.4 Å². The van der Waals surface area contributed by atoms with Gasteiger partial charge in [0.25, 0.3) is 5.56 Å². The Hall–Kier alpha value is -4.63. The van der Waals surface area contributed by atoms with Crippen molar-refractivity contribution in [1.29, 1.82) is 5.26 Å². The molecule has 0 unspecified atom stereocenters. The number of benzene rings is 3. The molecule has 0 aliphatic carbocycles. The fourth-order valence-corrected chi connectivity index (χ4v) is 4.70. The third kappa shape index (κ3) is 3.87. The van der Waals surface area contributed by atoms with Crippen LogP contribution in [-0.2, 0) is 21.5 Å². The van der Waals surface area contributed by atoms with Crippen molar-refractivity contribution in [2.24, 2.45) is 0 Å². The summed E-state index contributed by atoms with van der Waals surface area (Å²) in [6.07, 6.45) is 0. The predicted molar refractivity (Wildman–Crippen MR) is 134 cm³/mol. The number of aromatic nitrogens is 2. The van der Waals surface area contributed by atoms with Crippen LogP contribution in [0.15, 0.2) is 108 Å². The number of carbonyl (C=O) groups excluding carboxylic acids is 1. The molecule has 0 aliphatic rings. The molecule has 0 radical (unpaired) electrons. The third-order valence-corrected chi connectivity index (χ3v) is 6.28. The van der Waals surface area contributed by atoms with Gasteiger partial charge >= 0.3 is 5.97 Å². The highest BCUT2D eigenvalue weighted by Gasteiger charge is 2.45. The Kier molecular flexibility index (Phi) is 6.52. The van der Waals surface area contributed by atoms with Gasteiger partial charge in [-0.15, -0.1) is 0 Å². The highest BCUT2D eigenvalue weighted by Crippen LogP contribution is 2.44. The Morgan fingerprint density at radius 3 is 1.89 bits per heavy atom. The second-order valence-electron chi connectivity index (χ2n) is 8.12. The molecule has 35 heavy (non-hydrogen) atoms. The van der Waals surface area contributed by atoms with E-state index >= 15 is 0 Å². The van der Waals surface area contributed by atoms with Gasteiger partial charge in [0.15, 0.2) is 0 Å². The van der Waals surface area contributed by atoms with Gasteiger partial charge in [0.1, 0.15) is 6.54 Å². The van der Waals surface area contributed by atoms with Crippen LogP contribution in [0.2, 0.25) is 0 Å². The first-order valence-electron chi connectivity index (χ1n) is 11.1. The summed E-state index contributed by atoms with van der Waals surface area (Å²) < 4.78 is 7.99. The molecule has 1 heterocycles. The van der Waals surface area contributed by atoms with E-state index < -0.39 is 11.4 Å². The molecule has 4 aromatic rings. The quantitative estimate of drug-likeness (QED) is 0.298.